The molecular weight excluding hydrogens is 354 g/mol. The van der Waals surface area contributed by atoms with E-state index in [1.807, 2.05) is 11.7 Å². The number of carbonyl (C=O) groups excluding carboxylic acids is 3. The number of hydrogen-bond donors (Lipinski definition) is 1. The zero-order valence-electron chi connectivity index (χ0n) is 14.7. The van der Waals surface area contributed by atoms with Crippen LogP contribution in [0.2, 0.25) is 0 Å². The smallest absolute Gasteiger partial charge is 0.255 e. The van der Waals surface area contributed by atoms with Gasteiger partial charge in [-0.3, -0.25) is 9.59 Å². The van der Waals surface area contributed by atoms with Crippen molar-refractivity contribution in [2.45, 2.75) is 19.3 Å². The van der Waals surface area contributed by atoms with Crippen LogP contribution in [0.25, 0.3) is 0 Å². The zero-order valence-corrected chi connectivity index (χ0v) is 14.7. The summed E-state index contributed by atoms with van der Waals surface area (Å²) < 4.78 is 26.5. The van der Waals surface area contributed by atoms with Gasteiger partial charge in [0.05, 0.1) is 5.69 Å². The lowest BCUT2D eigenvalue weighted by molar-refractivity contribution is -0.0980. The van der Waals surface area contributed by atoms with E-state index < -0.39 is 17.5 Å². The SMILES string of the molecule is C=O.O=C(Nc1ccc(F)cc1F)c1ccc(C(=O)N2CCCCC2)cc1. The molecule has 1 aliphatic rings. The van der Waals surface area contributed by atoms with E-state index >= 15 is 0 Å². The van der Waals surface area contributed by atoms with E-state index in [0.717, 1.165) is 44.5 Å². The molecule has 142 valence electrons. The fourth-order valence-electron chi connectivity index (χ4n) is 2.83. The predicted octanol–water partition coefficient (Wildman–Crippen LogP) is 3.66. The second-order valence-corrected chi connectivity index (χ2v) is 6.01. The maximum Gasteiger partial charge on any atom is 0.255 e. The van der Waals surface area contributed by atoms with Crippen molar-refractivity contribution in [1.29, 1.82) is 0 Å². The molecule has 2 aromatic carbocycles. The number of anilines is 1. The number of nitrogens with one attached hydrogen (secondary N) is 1. The molecule has 1 N–H and O–H groups in total. The van der Waals surface area contributed by atoms with Gasteiger partial charge in [0.1, 0.15) is 18.4 Å². The fourth-order valence-corrected chi connectivity index (χ4v) is 2.83. The first-order valence-corrected chi connectivity index (χ1v) is 8.49. The summed E-state index contributed by atoms with van der Waals surface area (Å²) in [4.78, 5) is 34.4. The van der Waals surface area contributed by atoms with Crippen LogP contribution in [-0.2, 0) is 4.79 Å². The number of benzene rings is 2. The van der Waals surface area contributed by atoms with Crippen LogP contribution in [0.4, 0.5) is 14.5 Å². The van der Waals surface area contributed by atoms with Crippen molar-refractivity contribution in [2.75, 3.05) is 18.4 Å². The Hall–Kier alpha value is -3.09. The molecule has 5 nitrogen and oxygen atoms in total. The van der Waals surface area contributed by atoms with Crippen molar-refractivity contribution in [2.24, 2.45) is 0 Å². The van der Waals surface area contributed by atoms with Crippen LogP contribution in [0.3, 0.4) is 0 Å². The van der Waals surface area contributed by atoms with Crippen molar-refractivity contribution in [3.8, 4) is 0 Å². The highest BCUT2D eigenvalue weighted by Gasteiger charge is 2.18. The Labute approximate surface area is 156 Å². The molecule has 1 heterocycles. The van der Waals surface area contributed by atoms with Crippen LogP contribution >= 0.6 is 0 Å². The molecule has 0 radical (unpaired) electrons. The topological polar surface area (TPSA) is 66.5 Å². The highest BCUT2D eigenvalue weighted by atomic mass is 19.1. The van der Waals surface area contributed by atoms with Gasteiger partial charge in [-0.1, -0.05) is 0 Å². The molecule has 27 heavy (non-hydrogen) atoms. The van der Waals surface area contributed by atoms with E-state index in [2.05, 4.69) is 5.32 Å². The number of amides is 2. The zero-order chi connectivity index (χ0) is 19.8. The van der Waals surface area contributed by atoms with E-state index in [9.17, 15) is 18.4 Å². The molecule has 0 unspecified atom stereocenters. The first-order valence-electron chi connectivity index (χ1n) is 8.49. The van der Waals surface area contributed by atoms with Gasteiger partial charge in [0.2, 0.25) is 0 Å². The van der Waals surface area contributed by atoms with Crippen LogP contribution in [-0.4, -0.2) is 36.6 Å². The maximum absolute atomic E-state index is 13.6. The lowest BCUT2D eigenvalue weighted by Gasteiger charge is -2.26. The summed E-state index contributed by atoms with van der Waals surface area (Å²) in [6.07, 6.45) is 3.16. The lowest BCUT2D eigenvalue weighted by Crippen LogP contribution is -2.35. The number of likely N-dealkylation sites (tertiary alicyclic amines) is 1. The molecular formula is C20H20F2N2O3. The highest BCUT2D eigenvalue weighted by Crippen LogP contribution is 2.17. The molecule has 0 spiro atoms. The number of rotatable bonds is 3. The number of halogens is 2. The largest absolute Gasteiger partial charge is 0.339 e. The quantitative estimate of drug-likeness (QED) is 0.892. The third-order valence-corrected chi connectivity index (χ3v) is 4.22. The monoisotopic (exact) mass is 374 g/mol. The van der Waals surface area contributed by atoms with Crippen LogP contribution in [0.15, 0.2) is 42.5 Å². The molecule has 0 aliphatic carbocycles. The number of piperidine rings is 1. The molecule has 0 aromatic heterocycles. The van der Waals surface area contributed by atoms with E-state index in [1.54, 1.807) is 12.1 Å². The van der Waals surface area contributed by atoms with Gasteiger partial charge in [-0.15, -0.1) is 0 Å². The minimum atomic E-state index is -0.842. The van der Waals surface area contributed by atoms with Crippen molar-refractivity contribution in [3.05, 3.63) is 65.2 Å². The molecule has 2 amide bonds. The standard InChI is InChI=1S/C19H18F2N2O2.CH2O/c20-15-8-9-17(16(21)12-15)22-18(24)13-4-6-14(7-5-13)19(25)23-10-2-1-3-11-23;1-2/h4-9,12H,1-3,10-11H2,(H,22,24);1H2. The normalized spacial score (nSPS) is 13.3. The first-order chi connectivity index (χ1) is 13.0. The van der Waals surface area contributed by atoms with Gasteiger partial charge >= 0.3 is 0 Å². The van der Waals surface area contributed by atoms with Gasteiger partial charge < -0.3 is 15.0 Å². The number of nitrogens with zero attached hydrogens (tertiary/aromatic N) is 1. The predicted molar refractivity (Wildman–Crippen MR) is 97.6 cm³/mol. The van der Waals surface area contributed by atoms with Gasteiger partial charge in [-0.2, -0.15) is 0 Å². The molecule has 3 rings (SSSR count). The molecule has 0 bridgehead atoms. The van der Waals surface area contributed by atoms with E-state index in [-0.39, 0.29) is 11.6 Å². The summed E-state index contributed by atoms with van der Waals surface area (Å²) in [5, 5.41) is 2.39. The van der Waals surface area contributed by atoms with E-state index in [1.165, 1.54) is 12.1 Å². The van der Waals surface area contributed by atoms with Crippen molar-refractivity contribution < 1.29 is 23.2 Å². The Bertz CT molecular complexity index is 803. The average molecular weight is 374 g/mol. The summed E-state index contributed by atoms with van der Waals surface area (Å²) in [6.45, 7) is 3.51. The Morgan fingerprint density at radius 1 is 0.889 bits per heavy atom. The fraction of sp³-hybridized carbons (Fsp3) is 0.250. The molecule has 2 aromatic rings. The second kappa shape index (κ2) is 9.56. The van der Waals surface area contributed by atoms with Gasteiger partial charge in [-0.25, -0.2) is 8.78 Å². The summed E-state index contributed by atoms with van der Waals surface area (Å²) in [6, 6.07) is 9.16. The minimum absolute atomic E-state index is 0.0452. The Kier molecular flexibility index (Phi) is 7.16. The minimum Gasteiger partial charge on any atom is -0.339 e. The van der Waals surface area contributed by atoms with Crippen LogP contribution in [0.1, 0.15) is 40.0 Å². The van der Waals surface area contributed by atoms with Crippen LogP contribution in [0.5, 0.6) is 0 Å². The van der Waals surface area contributed by atoms with Crippen LogP contribution < -0.4 is 5.32 Å². The van der Waals surface area contributed by atoms with E-state index in [0.29, 0.717) is 17.2 Å². The van der Waals surface area contributed by atoms with Gasteiger partial charge in [-0.05, 0) is 55.7 Å². The van der Waals surface area contributed by atoms with Gasteiger partial charge in [0.15, 0.2) is 0 Å². The summed E-state index contributed by atoms with van der Waals surface area (Å²) >= 11 is 0. The summed E-state index contributed by atoms with van der Waals surface area (Å²) in [5.41, 5.74) is 0.713. The Morgan fingerprint density at radius 2 is 1.48 bits per heavy atom. The Morgan fingerprint density at radius 3 is 2.07 bits per heavy atom. The summed E-state index contributed by atoms with van der Waals surface area (Å²) in [5.74, 6) is -2.12. The molecule has 0 saturated carbocycles. The number of hydrogen-bond acceptors (Lipinski definition) is 3. The maximum atomic E-state index is 13.6. The first kappa shape index (κ1) is 20.2. The molecule has 7 heteroatoms. The molecule has 1 fully saturated rings. The van der Waals surface area contributed by atoms with Crippen LogP contribution in [0, 0.1) is 11.6 Å². The summed E-state index contributed by atoms with van der Waals surface area (Å²) in [7, 11) is 0. The van der Waals surface area contributed by atoms with E-state index in [4.69, 9.17) is 4.79 Å². The molecule has 1 aliphatic heterocycles. The van der Waals surface area contributed by atoms with Crippen molar-refractivity contribution >= 4 is 24.3 Å². The number of carbonyl (C=O) groups is 3. The lowest BCUT2D eigenvalue weighted by atomic mass is 10.1. The van der Waals surface area contributed by atoms with Gasteiger partial charge in [0.25, 0.3) is 11.8 Å². The Balaban J connectivity index is 0.00000126. The van der Waals surface area contributed by atoms with Crippen molar-refractivity contribution in [3.63, 3.8) is 0 Å². The molecule has 1 saturated heterocycles. The average Bonchev–Trinajstić information content (AvgIpc) is 2.72. The van der Waals surface area contributed by atoms with Gasteiger partial charge in [0, 0.05) is 30.3 Å². The van der Waals surface area contributed by atoms with Crippen molar-refractivity contribution in [1.82, 2.24) is 4.90 Å². The molecule has 0 atom stereocenters. The second-order valence-electron chi connectivity index (χ2n) is 6.01. The third kappa shape index (κ3) is 5.20. The third-order valence-electron chi connectivity index (χ3n) is 4.22. The highest BCUT2D eigenvalue weighted by molar-refractivity contribution is 6.05.